The lowest BCUT2D eigenvalue weighted by molar-refractivity contribution is -0.140. The summed E-state index contributed by atoms with van der Waals surface area (Å²) >= 11 is 0. The maximum Gasteiger partial charge on any atom is 0.303 e. The molecule has 88 valence electrons. The van der Waals surface area contributed by atoms with E-state index in [0.29, 0.717) is 12.3 Å². The molecule has 0 radical (unpaired) electrons. The average Bonchev–Trinajstić information content (AvgIpc) is 2.11. The van der Waals surface area contributed by atoms with Gasteiger partial charge in [0.1, 0.15) is 0 Å². The smallest absolute Gasteiger partial charge is 0.303 e. The molecule has 0 amide bonds. The fraction of sp³-hybridized carbons (Fsp3) is 0.917. The lowest BCUT2D eigenvalue weighted by Crippen LogP contribution is -2.45. The average molecular weight is 213 g/mol. The van der Waals surface area contributed by atoms with Crippen molar-refractivity contribution in [1.82, 2.24) is 4.90 Å². The molecule has 15 heavy (non-hydrogen) atoms. The van der Waals surface area contributed by atoms with Gasteiger partial charge in [0.2, 0.25) is 0 Å². The van der Waals surface area contributed by atoms with E-state index in [9.17, 15) is 4.79 Å². The summed E-state index contributed by atoms with van der Waals surface area (Å²) in [7, 11) is 0. The summed E-state index contributed by atoms with van der Waals surface area (Å²) in [5.41, 5.74) is 0.183. The van der Waals surface area contributed by atoms with E-state index in [2.05, 4.69) is 25.7 Å². The van der Waals surface area contributed by atoms with Crippen molar-refractivity contribution in [2.45, 2.75) is 40.0 Å². The van der Waals surface area contributed by atoms with Gasteiger partial charge in [-0.1, -0.05) is 20.8 Å². The molecule has 1 aliphatic heterocycles. The van der Waals surface area contributed by atoms with Crippen LogP contribution in [0.1, 0.15) is 40.0 Å². The van der Waals surface area contributed by atoms with Gasteiger partial charge in [0.15, 0.2) is 0 Å². The number of piperidine rings is 1. The summed E-state index contributed by atoms with van der Waals surface area (Å²) in [6.45, 7) is 9.75. The van der Waals surface area contributed by atoms with E-state index >= 15 is 0 Å². The quantitative estimate of drug-likeness (QED) is 0.778. The molecule has 0 saturated carbocycles. The molecule has 0 aromatic carbocycles. The molecule has 0 aromatic heterocycles. The summed E-state index contributed by atoms with van der Waals surface area (Å²) < 4.78 is 0. The van der Waals surface area contributed by atoms with Crippen LogP contribution in [-0.4, -0.2) is 35.6 Å². The minimum absolute atomic E-state index is 0.183. The molecule has 0 aromatic rings. The fourth-order valence-electron chi connectivity index (χ4n) is 2.37. The first-order valence-corrected chi connectivity index (χ1v) is 5.90. The molecule has 1 atom stereocenters. The number of hydrogen-bond donors (Lipinski definition) is 1. The van der Waals surface area contributed by atoms with E-state index in [1.165, 1.54) is 0 Å². The highest BCUT2D eigenvalue weighted by molar-refractivity contribution is 5.67. The number of rotatable bonds is 4. The van der Waals surface area contributed by atoms with Crippen LogP contribution < -0.4 is 0 Å². The molecule has 3 nitrogen and oxygen atoms in total. The number of hydrogen-bond acceptors (Lipinski definition) is 2. The molecule has 0 aliphatic carbocycles. The zero-order chi connectivity index (χ0) is 11.5. The van der Waals surface area contributed by atoms with Crippen LogP contribution in [0.4, 0.5) is 0 Å². The molecule has 3 heteroatoms. The van der Waals surface area contributed by atoms with Gasteiger partial charge in [-0.3, -0.25) is 4.79 Å². The summed E-state index contributed by atoms with van der Waals surface area (Å²) in [5.74, 6) is -0.360. The fourth-order valence-corrected chi connectivity index (χ4v) is 2.37. The normalized spacial score (nSPS) is 26.5. The molecule has 1 rings (SSSR count). The van der Waals surface area contributed by atoms with E-state index < -0.39 is 5.97 Å². The molecule has 1 aliphatic rings. The molecule has 0 bridgehead atoms. The van der Waals surface area contributed by atoms with Crippen LogP contribution in [0, 0.1) is 11.3 Å². The Labute approximate surface area is 92.5 Å². The first-order valence-electron chi connectivity index (χ1n) is 5.90. The SMILES string of the molecule is CCCN1CCC(C)(C)C(CC(=O)O)C1. The van der Waals surface area contributed by atoms with Crippen molar-refractivity contribution in [3.05, 3.63) is 0 Å². The molecular formula is C12H23NO2. The Bertz CT molecular complexity index is 226. The minimum Gasteiger partial charge on any atom is -0.481 e. The molecule has 1 N–H and O–H groups in total. The molecule has 1 fully saturated rings. The van der Waals surface area contributed by atoms with E-state index in [0.717, 1.165) is 32.5 Å². The highest BCUT2D eigenvalue weighted by atomic mass is 16.4. The van der Waals surface area contributed by atoms with Crippen LogP contribution in [0.2, 0.25) is 0 Å². The van der Waals surface area contributed by atoms with Gasteiger partial charge in [-0.15, -0.1) is 0 Å². The maximum absolute atomic E-state index is 10.8. The standard InChI is InChI=1S/C12H23NO2/c1-4-6-13-7-5-12(2,3)10(9-13)8-11(14)15/h10H,4-9H2,1-3H3,(H,14,15). The van der Waals surface area contributed by atoms with E-state index in [1.54, 1.807) is 0 Å². The zero-order valence-corrected chi connectivity index (χ0v) is 10.1. The second-order valence-electron chi connectivity index (χ2n) is 5.33. The second-order valence-corrected chi connectivity index (χ2v) is 5.33. The Kier molecular flexibility index (Phi) is 4.14. The number of nitrogens with zero attached hydrogens (tertiary/aromatic N) is 1. The predicted molar refractivity (Wildman–Crippen MR) is 60.9 cm³/mol. The van der Waals surface area contributed by atoms with Gasteiger partial charge in [-0.2, -0.15) is 0 Å². The van der Waals surface area contributed by atoms with Crippen molar-refractivity contribution < 1.29 is 9.90 Å². The Morgan fingerprint density at radius 2 is 2.20 bits per heavy atom. The van der Waals surface area contributed by atoms with Crippen molar-refractivity contribution in [3.63, 3.8) is 0 Å². The Morgan fingerprint density at radius 3 is 2.73 bits per heavy atom. The van der Waals surface area contributed by atoms with Crippen LogP contribution in [0.15, 0.2) is 0 Å². The molecule has 1 unspecified atom stereocenters. The van der Waals surface area contributed by atoms with Crippen LogP contribution in [0.3, 0.4) is 0 Å². The number of aliphatic carboxylic acids is 1. The van der Waals surface area contributed by atoms with Gasteiger partial charge in [0.05, 0.1) is 0 Å². The molecule has 0 spiro atoms. The highest BCUT2D eigenvalue weighted by Crippen LogP contribution is 2.37. The Morgan fingerprint density at radius 1 is 1.53 bits per heavy atom. The number of carboxylic acids is 1. The molecule has 1 heterocycles. The molecule has 1 saturated heterocycles. The Hall–Kier alpha value is -0.570. The van der Waals surface area contributed by atoms with Crippen LogP contribution in [-0.2, 0) is 4.79 Å². The van der Waals surface area contributed by atoms with Crippen molar-refractivity contribution in [1.29, 1.82) is 0 Å². The number of carboxylic acid groups (broad SMARTS) is 1. The summed E-state index contributed by atoms with van der Waals surface area (Å²) in [5, 5.41) is 8.90. The summed E-state index contributed by atoms with van der Waals surface area (Å²) in [4.78, 5) is 13.2. The van der Waals surface area contributed by atoms with Gasteiger partial charge in [-0.05, 0) is 37.3 Å². The van der Waals surface area contributed by atoms with E-state index in [1.807, 2.05) is 0 Å². The number of likely N-dealkylation sites (tertiary alicyclic amines) is 1. The second kappa shape index (κ2) is 4.97. The van der Waals surface area contributed by atoms with Crippen molar-refractivity contribution >= 4 is 5.97 Å². The predicted octanol–water partition coefficient (Wildman–Crippen LogP) is 2.22. The Balaban J connectivity index is 2.57. The van der Waals surface area contributed by atoms with E-state index in [4.69, 9.17) is 5.11 Å². The van der Waals surface area contributed by atoms with Crippen LogP contribution >= 0.6 is 0 Å². The minimum atomic E-state index is -0.661. The lowest BCUT2D eigenvalue weighted by Gasteiger charge is -2.43. The third kappa shape index (κ3) is 3.49. The monoisotopic (exact) mass is 213 g/mol. The summed E-state index contributed by atoms with van der Waals surface area (Å²) in [6.07, 6.45) is 2.58. The maximum atomic E-state index is 10.8. The lowest BCUT2D eigenvalue weighted by atomic mass is 9.72. The first kappa shape index (κ1) is 12.5. The van der Waals surface area contributed by atoms with Crippen molar-refractivity contribution in [2.75, 3.05) is 19.6 Å². The van der Waals surface area contributed by atoms with Gasteiger partial charge < -0.3 is 10.0 Å². The first-order chi connectivity index (χ1) is 6.95. The topological polar surface area (TPSA) is 40.5 Å². The molecular weight excluding hydrogens is 190 g/mol. The van der Waals surface area contributed by atoms with Crippen molar-refractivity contribution in [3.8, 4) is 0 Å². The van der Waals surface area contributed by atoms with Crippen LogP contribution in [0.5, 0.6) is 0 Å². The zero-order valence-electron chi connectivity index (χ0n) is 10.1. The van der Waals surface area contributed by atoms with Gasteiger partial charge in [0.25, 0.3) is 0 Å². The summed E-state index contributed by atoms with van der Waals surface area (Å²) in [6, 6.07) is 0. The van der Waals surface area contributed by atoms with Crippen molar-refractivity contribution in [2.24, 2.45) is 11.3 Å². The van der Waals surface area contributed by atoms with Gasteiger partial charge in [0, 0.05) is 13.0 Å². The largest absolute Gasteiger partial charge is 0.481 e. The third-order valence-corrected chi connectivity index (χ3v) is 3.62. The third-order valence-electron chi connectivity index (χ3n) is 3.62. The van der Waals surface area contributed by atoms with E-state index in [-0.39, 0.29) is 5.41 Å². The van der Waals surface area contributed by atoms with Gasteiger partial charge in [-0.25, -0.2) is 0 Å². The number of carbonyl (C=O) groups is 1. The van der Waals surface area contributed by atoms with Gasteiger partial charge >= 0.3 is 5.97 Å². The van der Waals surface area contributed by atoms with Crippen LogP contribution in [0.25, 0.3) is 0 Å². The highest BCUT2D eigenvalue weighted by Gasteiger charge is 2.36.